The second-order valence-electron chi connectivity index (χ2n) is 3.96. The highest BCUT2D eigenvalue weighted by atomic mass is 16.6. The van der Waals surface area contributed by atoms with Gasteiger partial charge in [-0.3, -0.25) is 10.1 Å². The fourth-order valence-electron chi connectivity index (χ4n) is 1.68. The Morgan fingerprint density at radius 1 is 1.38 bits per heavy atom. The van der Waals surface area contributed by atoms with Gasteiger partial charge in [0.2, 0.25) is 5.76 Å². The molecule has 0 spiro atoms. The van der Waals surface area contributed by atoms with Gasteiger partial charge in [-0.25, -0.2) is 4.79 Å². The smallest absolute Gasteiger partial charge is 0.372 e. The molecule has 0 amide bonds. The van der Waals surface area contributed by atoms with E-state index in [-0.39, 0.29) is 23.8 Å². The molecule has 8 heteroatoms. The van der Waals surface area contributed by atoms with Crippen molar-refractivity contribution in [2.45, 2.75) is 6.61 Å². The number of hydrogen-bond donors (Lipinski definition) is 1. The molecule has 2 aromatic rings. The number of carboxylic acid groups (broad SMARTS) is 1. The van der Waals surface area contributed by atoms with Gasteiger partial charge in [0.25, 0.3) is 5.69 Å². The maximum atomic E-state index is 10.9. The number of benzene rings is 1. The molecule has 2 rings (SSSR count). The fourth-order valence-corrected chi connectivity index (χ4v) is 1.68. The van der Waals surface area contributed by atoms with E-state index in [4.69, 9.17) is 19.0 Å². The van der Waals surface area contributed by atoms with Crippen LogP contribution in [0.15, 0.2) is 34.9 Å². The van der Waals surface area contributed by atoms with Crippen molar-refractivity contribution >= 4 is 11.7 Å². The monoisotopic (exact) mass is 293 g/mol. The summed E-state index contributed by atoms with van der Waals surface area (Å²) in [5, 5.41) is 19.7. The summed E-state index contributed by atoms with van der Waals surface area (Å²) in [5.74, 6) is -1.01. The SMILES string of the molecule is COc1ccc([N+](=O)[O-])cc1OCc1ccoc1C(=O)O. The Morgan fingerprint density at radius 3 is 2.76 bits per heavy atom. The number of furan rings is 1. The van der Waals surface area contributed by atoms with Crippen molar-refractivity contribution in [1.82, 2.24) is 0 Å². The van der Waals surface area contributed by atoms with Crippen LogP contribution in [0, 0.1) is 10.1 Å². The summed E-state index contributed by atoms with van der Waals surface area (Å²) in [6.45, 7) is -0.115. The third-order valence-corrected chi connectivity index (χ3v) is 2.68. The van der Waals surface area contributed by atoms with Crippen molar-refractivity contribution in [3.63, 3.8) is 0 Å². The van der Waals surface area contributed by atoms with Crippen LogP contribution in [0.5, 0.6) is 11.5 Å². The Hall–Kier alpha value is -3.03. The summed E-state index contributed by atoms with van der Waals surface area (Å²) in [6, 6.07) is 5.35. The van der Waals surface area contributed by atoms with Gasteiger partial charge >= 0.3 is 5.97 Å². The molecule has 0 saturated carbocycles. The second kappa shape index (κ2) is 5.95. The molecule has 0 aliphatic rings. The van der Waals surface area contributed by atoms with Crippen molar-refractivity contribution < 1.29 is 28.7 Å². The average Bonchev–Trinajstić information content (AvgIpc) is 2.93. The lowest BCUT2D eigenvalue weighted by atomic mass is 10.2. The van der Waals surface area contributed by atoms with Gasteiger partial charge in [0, 0.05) is 11.6 Å². The molecule has 8 nitrogen and oxygen atoms in total. The summed E-state index contributed by atoms with van der Waals surface area (Å²) >= 11 is 0. The minimum absolute atomic E-state index is 0.115. The van der Waals surface area contributed by atoms with E-state index in [9.17, 15) is 14.9 Å². The zero-order chi connectivity index (χ0) is 15.4. The van der Waals surface area contributed by atoms with Crippen molar-refractivity contribution in [3.05, 3.63) is 52.0 Å². The van der Waals surface area contributed by atoms with Gasteiger partial charge in [0.05, 0.1) is 24.4 Å². The molecule has 1 heterocycles. The van der Waals surface area contributed by atoms with Crippen LogP contribution >= 0.6 is 0 Å². The molecular formula is C13H11NO7. The van der Waals surface area contributed by atoms with Gasteiger partial charge < -0.3 is 19.0 Å². The first kappa shape index (κ1) is 14.4. The summed E-state index contributed by atoms with van der Waals surface area (Å²) < 4.78 is 15.3. The predicted molar refractivity (Wildman–Crippen MR) is 69.6 cm³/mol. The summed E-state index contributed by atoms with van der Waals surface area (Å²) in [6.07, 6.45) is 1.23. The van der Waals surface area contributed by atoms with Crippen molar-refractivity contribution in [3.8, 4) is 11.5 Å². The van der Waals surface area contributed by atoms with E-state index in [0.29, 0.717) is 11.3 Å². The van der Waals surface area contributed by atoms with E-state index in [2.05, 4.69) is 0 Å². The third-order valence-electron chi connectivity index (χ3n) is 2.68. The van der Waals surface area contributed by atoms with Crippen LogP contribution < -0.4 is 9.47 Å². The van der Waals surface area contributed by atoms with E-state index in [0.717, 1.165) is 0 Å². The Morgan fingerprint density at radius 2 is 2.14 bits per heavy atom. The first-order valence-corrected chi connectivity index (χ1v) is 5.78. The standard InChI is InChI=1S/C13H11NO7/c1-19-10-3-2-9(14(17)18)6-11(10)21-7-8-4-5-20-12(8)13(15)16/h2-6H,7H2,1H3,(H,15,16). The van der Waals surface area contributed by atoms with Crippen LogP contribution in [-0.4, -0.2) is 23.1 Å². The first-order valence-electron chi connectivity index (χ1n) is 5.78. The number of nitro benzene ring substituents is 1. The van der Waals surface area contributed by atoms with Crippen molar-refractivity contribution in [1.29, 1.82) is 0 Å². The summed E-state index contributed by atoms with van der Waals surface area (Å²) in [4.78, 5) is 21.1. The van der Waals surface area contributed by atoms with Gasteiger partial charge in [-0.05, 0) is 12.1 Å². The number of hydrogen-bond acceptors (Lipinski definition) is 6. The predicted octanol–water partition coefficient (Wildman–Crippen LogP) is 2.47. The average molecular weight is 293 g/mol. The lowest BCUT2D eigenvalue weighted by Crippen LogP contribution is -2.03. The van der Waals surface area contributed by atoms with Crippen LogP contribution in [-0.2, 0) is 6.61 Å². The van der Waals surface area contributed by atoms with Crippen LogP contribution in [0.25, 0.3) is 0 Å². The summed E-state index contributed by atoms with van der Waals surface area (Å²) in [7, 11) is 1.40. The van der Waals surface area contributed by atoms with E-state index < -0.39 is 10.9 Å². The van der Waals surface area contributed by atoms with Crippen molar-refractivity contribution in [2.75, 3.05) is 7.11 Å². The number of rotatable bonds is 6. The molecular weight excluding hydrogens is 282 g/mol. The van der Waals surface area contributed by atoms with E-state index >= 15 is 0 Å². The second-order valence-corrected chi connectivity index (χ2v) is 3.96. The van der Waals surface area contributed by atoms with Crippen LogP contribution in [0.3, 0.4) is 0 Å². The number of carbonyl (C=O) groups is 1. The molecule has 0 unspecified atom stereocenters. The molecule has 0 aliphatic heterocycles. The highest BCUT2D eigenvalue weighted by Crippen LogP contribution is 2.32. The van der Waals surface area contributed by atoms with E-state index in [1.54, 1.807) is 0 Å². The number of ether oxygens (including phenoxy) is 2. The molecule has 0 fully saturated rings. The lowest BCUT2D eigenvalue weighted by molar-refractivity contribution is -0.385. The molecule has 110 valence electrons. The molecule has 0 saturated heterocycles. The Kier molecular flexibility index (Phi) is 4.07. The molecule has 1 aromatic heterocycles. The van der Waals surface area contributed by atoms with Gasteiger partial charge in [-0.1, -0.05) is 0 Å². The number of nitro groups is 1. The molecule has 1 aromatic carbocycles. The van der Waals surface area contributed by atoms with Gasteiger partial charge in [-0.15, -0.1) is 0 Å². The topological polar surface area (TPSA) is 112 Å². The lowest BCUT2D eigenvalue weighted by Gasteiger charge is -2.09. The number of nitrogens with zero attached hydrogens (tertiary/aromatic N) is 1. The van der Waals surface area contributed by atoms with E-state index in [1.165, 1.54) is 37.6 Å². The van der Waals surface area contributed by atoms with Crippen LogP contribution in [0.1, 0.15) is 16.1 Å². The molecule has 0 atom stereocenters. The third kappa shape index (κ3) is 3.11. The van der Waals surface area contributed by atoms with Crippen LogP contribution in [0.4, 0.5) is 5.69 Å². The van der Waals surface area contributed by atoms with Gasteiger partial charge in [0.15, 0.2) is 11.5 Å². The molecule has 21 heavy (non-hydrogen) atoms. The quantitative estimate of drug-likeness (QED) is 0.643. The van der Waals surface area contributed by atoms with E-state index in [1.807, 2.05) is 0 Å². The fraction of sp³-hybridized carbons (Fsp3) is 0.154. The maximum absolute atomic E-state index is 10.9. The number of methoxy groups -OCH3 is 1. The van der Waals surface area contributed by atoms with Gasteiger partial charge in [0.1, 0.15) is 6.61 Å². The summed E-state index contributed by atoms with van der Waals surface area (Å²) in [5.41, 5.74) is 0.160. The Balaban J connectivity index is 2.22. The van der Waals surface area contributed by atoms with Gasteiger partial charge in [-0.2, -0.15) is 0 Å². The zero-order valence-corrected chi connectivity index (χ0v) is 10.9. The Bertz CT molecular complexity index is 677. The maximum Gasteiger partial charge on any atom is 0.372 e. The molecule has 1 N–H and O–H groups in total. The number of carboxylic acids is 1. The molecule has 0 radical (unpaired) electrons. The highest BCUT2D eigenvalue weighted by Gasteiger charge is 2.17. The largest absolute Gasteiger partial charge is 0.493 e. The minimum Gasteiger partial charge on any atom is -0.493 e. The molecule has 0 aliphatic carbocycles. The number of non-ortho nitro benzene ring substituents is 1. The first-order chi connectivity index (χ1) is 10.0. The highest BCUT2D eigenvalue weighted by molar-refractivity contribution is 5.86. The zero-order valence-electron chi connectivity index (χ0n) is 10.9. The normalized spacial score (nSPS) is 10.1. The minimum atomic E-state index is -1.22. The number of aromatic carboxylic acids is 1. The van der Waals surface area contributed by atoms with Crippen molar-refractivity contribution in [2.24, 2.45) is 0 Å². The molecule has 0 bridgehead atoms. The van der Waals surface area contributed by atoms with Crippen LogP contribution in [0.2, 0.25) is 0 Å². The Labute approximate surface area is 118 Å².